The first-order chi connectivity index (χ1) is 8.58. The number of rotatable bonds is 1. The Balaban J connectivity index is 2.20. The molecule has 5 heteroatoms. The molecule has 2 heterocycles. The number of ether oxygens (including phenoxy) is 2. The first kappa shape index (κ1) is 11.6. The van der Waals surface area contributed by atoms with Gasteiger partial charge in [-0.3, -0.25) is 0 Å². The molecular formula is C13H13BrN2O2. The first-order valence-corrected chi connectivity index (χ1v) is 6.46. The van der Waals surface area contributed by atoms with Crippen LogP contribution in [0.3, 0.4) is 0 Å². The van der Waals surface area contributed by atoms with Gasteiger partial charge in [0, 0.05) is 12.6 Å². The molecule has 1 aliphatic heterocycles. The molecule has 0 bridgehead atoms. The minimum atomic E-state index is 0.292. The molecule has 0 spiro atoms. The lowest BCUT2D eigenvalue weighted by Crippen LogP contribution is -1.92. The maximum Gasteiger partial charge on any atom is 0.231 e. The van der Waals surface area contributed by atoms with Gasteiger partial charge in [0.05, 0.1) is 0 Å². The number of nitrogens with zero attached hydrogens (tertiary/aromatic N) is 2. The van der Waals surface area contributed by atoms with Crippen molar-refractivity contribution in [2.45, 2.75) is 13.8 Å². The third-order valence-corrected chi connectivity index (χ3v) is 4.13. The minimum Gasteiger partial charge on any atom is -0.454 e. The van der Waals surface area contributed by atoms with Gasteiger partial charge in [-0.05, 0) is 47.5 Å². The van der Waals surface area contributed by atoms with Gasteiger partial charge in [0.25, 0.3) is 0 Å². The van der Waals surface area contributed by atoms with Gasteiger partial charge >= 0.3 is 0 Å². The van der Waals surface area contributed by atoms with Crippen LogP contribution in [0.2, 0.25) is 0 Å². The van der Waals surface area contributed by atoms with E-state index in [1.54, 1.807) is 0 Å². The van der Waals surface area contributed by atoms with E-state index in [2.05, 4.69) is 20.9 Å². The van der Waals surface area contributed by atoms with Gasteiger partial charge in [0.1, 0.15) is 16.1 Å². The fraction of sp³-hybridized carbons (Fsp3) is 0.308. The van der Waals surface area contributed by atoms with Gasteiger partial charge < -0.3 is 14.0 Å². The van der Waals surface area contributed by atoms with Crippen LogP contribution < -0.4 is 9.47 Å². The van der Waals surface area contributed by atoms with Crippen molar-refractivity contribution in [3.8, 4) is 22.8 Å². The van der Waals surface area contributed by atoms with E-state index in [1.165, 1.54) is 0 Å². The summed E-state index contributed by atoms with van der Waals surface area (Å²) in [5, 5.41) is 0. The number of aryl methyl sites for hydroxylation is 2. The van der Waals surface area contributed by atoms with Crippen molar-refractivity contribution in [2.24, 2.45) is 7.05 Å². The number of aromatic nitrogens is 2. The molecule has 0 unspecified atom stereocenters. The van der Waals surface area contributed by atoms with Crippen LogP contribution in [0.4, 0.5) is 0 Å². The number of halogens is 1. The standard InChI is InChI=1S/C13H13BrN2O2/c1-7-4-10-11(18-6-17-10)5-9(7)12-13(14)16(3)8(2)15-12/h4-5H,6H2,1-3H3. The summed E-state index contributed by atoms with van der Waals surface area (Å²) in [7, 11) is 1.98. The fourth-order valence-electron chi connectivity index (χ4n) is 2.05. The maximum atomic E-state index is 5.42. The van der Waals surface area contributed by atoms with Crippen LogP contribution in [-0.4, -0.2) is 16.3 Å². The Hall–Kier alpha value is -1.49. The Morgan fingerprint density at radius 1 is 1.22 bits per heavy atom. The molecule has 0 fully saturated rings. The predicted octanol–water partition coefficient (Wildman–Crippen LogP) is 3.20. The molecule has 2 aromatic rings. The molecular weight excluding hydrogens is 296 g/mol. The van der Waals surface area contributed by atoms with Crippen molar-refractivity contribution in [1.82, 2.24) is 9.55 Å². The molecule has 3 rings (SSSR count). The van der Waals surface area contributed by atoms with E-state index in [0.29, 0.717) is 6.79 Å². The summed E-state index contributed by atoms with van der Waals surface area (Å²) in [5.74, 6) is 2.56. The average molecular weight is 309 g/mol. The summed E-state index contributed by atoms with van der Waals surface area (Å²) in [6.45, 7) is 4.32. The molecule has 94 valence electrons. The van der Waals surface area contributed by atoms with Crippen LogP contribution in [0.25, 0.3) is 11.3 Å². The van der Waals surface area contributed by atoms with E-state index < -0.39 is 0 Å². The molecule has 1 aliphatic rings. The zero-order chi connectivity index (χ0) is 12.9. The van der Waals surface area contributed by atoms with Gasteiger partial charge in [-0.25, -0.2) is 4.98 Å². The number of imidazole rings is 1. The van der Waals surface area contributed by atoms with Crippen molar-refractivity contribution in [2.75, 3.05) is 6.79 Å². The molecule has 0 saturated heterocycles. The van der Waals surface area contributed by atoms with E-state index in [-0.39, 0.29) is 0 Å². The summed E-state index contributed by atoms with van der Waals surface area (Å²) in [4.78, 5) is 4.59. The highest BCUT2D eigenvalue weighted by Crippen LogP contribution is 2.40. The average Bonchev–Trinajstić information content (AvgIpc) is 2.88. The lowest BCUT2D eigenvalue weighted by molar-refractivity contribution is 0.174. The van der Waals surface area contributed by atoms with E-state index in [1.807, 2.05) is 37.6 Å². The zero-order valence-corrected chi connectivity index (χ0v) is 12.0. The summed E-state index contributed by atoms with van der Waals surface area (Å²) in [5.41, 5.74) is 3.12. The van der Waals surface area contributed by atoms with Crippen LogP contribution in [0.5, 0.6) is 11.5 Å². The molecule has 0 amide bonds. The molecule has 4 nitrogen and oxygen atoms in total. The van der Waals surface area contributed by atoms with Crippen molar-refractivity contribution >= 4 is 15.9 Å². The van der Waals surface area contributed by atoms with E-state index in [9.17, 15) is 0 Å². The second-order valence-electron chi connectivity index (χ2n) is 4.38. The highest BCUT2D eigenvalue weighted by molar-refractivity contribution is 9.10. The topological polar surface area (TPSA) is 36.3 Å². The van der Waals surface area contributed by atoms with Crippen molar-refractivity contribution in [3.05, 3.63) is 28.1 Å². The van der Waals surface area contributed by atoms with Gasteiger partial charge in [-0.15, -0.1) is 0 Å². The first-order valence-electron chi connectivity index (χ1n) is 5.67. The SMILES string of the molecule is Cc1cc2c(cc1-c1nc(C)n(C)c1Br)OCO2. The summed E-state index contributed by atoms with van der Waals surface area (Å²) < 4.78 is 13.8. The molecule has 0 N–H and O–H groups in total. The Labute approximate surface area is 114 Å². The summed E-state index contributed by atoms with van der Waals surface area (Å²) in [6.07, 6.45) is 0. The van der Waals surface area contributed by atoms with E-state index >= 15 is 0 Å². The van der Waals surface area contributed by atoms with Crippen molar-refractivity contribution in [1.29, 1.82) is 0 Å². The molecule has 0 aliphatic carbocycles. The lowest BCUT2D eigenvalue weighted by atomic mass is 10.1. The number of hydrogen-bond acceptors (Lipinski definition) is 3. The van der Waals surface area contributed by atoms with E-state index in [4.69, 9.17) is 9.47 Å². The molecule has 0 saturated carbocycles. The highest BCUT2D eigenvalue weighted by atomic mass is 79.9. The third-order valence-electron chi connectivity index (χ3n) is 3.22. The number of fused-ring (bicyclic) bond motifs is 1. The summed E-state index contributed by atoms with van der Waals surface area (Å²) >= 11 is 3.58. The van der Waals surface area contributed by atoms with Gasteiger partial charge in [0.15, 0.2) is 11.5 Å². The smallest absolute Gasteiger partial charge is 0.231 e. The van der Waals surface area contributed by atoms with Crippen LogP contribution in [0.1, 0.15) is 11.4 Å². The van der Waals surface area contributed by atoms with Crippen LogP contribution in [0.15, 0.2) is 16.7 Å². The van der Waals surface area contributed by atoms with Crippen LogP contribution in [-0.2, 0) is 7.05 Å². The fourth-order valence-corrected chi connectivity index (χ4v) is 2.61. The minimum absolute atomic E-state index is 0.292. The Morgan fingerprint density at radius 2 is 1.89 bits per heavy atom. The second kappa shape index (κ2) is 4.02. The summed E-state index contributed by atoms with van der Waals surface area (Å²) in [6, 6.07) is 3.98. The highest BCUT2D eigenvalue weighted by Gasteiger charge is 2.20. The normalized spacial score (nSPS) is 13.1. The van der Waals surface area contributed by atoms with Gasteiger partial charge in [0.2, 0.25) is 6.79 Å². The van der Waals surface area contributed by atoms with Gasteiger partial charge in [-0.2, -0.15) is 0 Å². The molecule has 18 heavy (non-hydrogen) atoms. The second-order valence-corrected chi connectivity index (χ2v) is 5.13. The van der Waals surface area contributed by atoms with Crippen molar-refractivity contribution in [3.63, 3.8) is 0 Å². The van der Waals surface area contributed by atoms with Gasteiger partial charge in [-0.1, -0.05) is 0 Å². The van der Waals surface area contributed by atoms with Crippen molar-refractivity contribution < 1.29 is 9.47 Å². The Morgan fingerprint density at radius 3 is 2.50 bits per heavy atom. The largest absolute Gasteiger partial charge is 0.454 e. The van der Waals surface area contributed by atoms with Crippen LogP contribution >= 0.6 is 15.9 Å². The third kappa shape index (κ3) is 1.61. The lowest BCUT2D eigenvalue weighted by Gasteiger charge is -2.06. The molecule has 0 radical (unpaired) electrons. The number of benzene rings is 1. The quantitative estimate of drug-likeness (QED) is 0.811. The molecule has 1 aromatic heterocycles. The Kier molecular flexibility index (Phi) is 2.59. The monoisotopic (exact) mass is 308 g/mol. The zero-order valence-electron chi connectivity index (χ0n) is 10.5. The molecule has 0 atom stereocenters. The Bertz CT molecular complexity index is 634. The maximum absolute atomic E-state index is 5.42. The molecule has 1 aromatic carbocycles. The van der Waals surface area contributed by atoms with E-state index in [0.717, 1.165) is 38.7 Å². The number of hydrogen-bond donors (Lipinski definition) is 0. The predicted molar refractivity (Wildman–Crippen MR) is 71.9 cm³/mol. The van der Waals surface area contributed by atoms with Crippen LogP contribution in [0, 0.1) is 13.8 Å².